The molecule has 2 amide bonds. The molecule has 0 fully saturated rings. The van der Waals surface area contributed by atoms with Gasteiger partial charge in [-0.25, -0.2) is 4.79 Å². The third-order valence-corrected chi connectivity index (χ3v) is 3.61. The quantitative estimate of drug-likeness (QED) is 0.848. The molecule has 0 saturated heterocycles. The molecule has 0 aliphatic carbocycles. The van der Waals surface area contributed by atoms with Crippen molar-refractivity contribution in [1.82, 2.24) is 10.2 Å². The van der Waals surface area contributed by atoms with Crippen molar-refractivity contribution in [2.75, 3.05) is 13.1 Å². The Balaban J connectivity index is 2.48. The molecule has 0 unspecified atom stereocenters. The molecular weight excluding hydrogens is 276 g/mol. The predicted octanol–water partition coefficient (Wildman–Crippen LogP) is 2.58. The molecule has 1 rings (SSSR count). The van der Waals surface area contributed by atoms with Gasteiger partial charge in [-0.15, -0.1) is 0 Å². The van der Waals surface area contributed by atoms with E-state index in [0.717, 1.165) is 6.42 Å². The molecule has 5 nitrogen and oxygen atoms in total. The number of hydrogen-bond acceptors (Lipinski definition) is 3. The summed E-state index contributed by atoms with van der Waals surface area (Å²) in [4.78, 5) is 24.4. The number of carboxylic acid groups (broad SMARTS) is 1. The molecule has 6 heteroatoms. The highest BCUT2D eigenvalue weighted by Crippen LogP contribution is 2.14. The number of carbonyl (C=O) groups excluding carboxylic acids is 1. The number of urea groups is 1. The minimum Gasteiger partial charge on any atom is -0.481 e. The van der Waals surface area contributed by atoms with Crippen LogP contribution in [0.25, 0.3) is 0 Å². The van der Waals surface area contributed by atoms with E-state index in [-0.39, 0.29) is 19.0 Å². The molecule has 1 heterocycles. The summed E-state index contributed by atoms with van der Waals surface area (Å²) in [5, 5.41) is 15.7. The Morgan fingerprint density at radius 2 is 2.10 bits per heavy atom. The molecule has 0 atom stereocenters. The van der Waals surface area contributed by atoms with Gasteiger partial charge in [0.25, 0.3) is 0 Å². The molecule has 0 aliphatic heterocycles. The monoisotopic (exact) mass is 298 g/mol. The lowest BCUT2D eigenvalue weighted by Gasteiger charge is -2.35. The maximum atomic E-state index is 12.2. The molecule has 112 valence electrons. The van der Waals surface area contributed by atoms with Gasteiger partial charge in [0.1, 0.15) is 0 Å². The molecular formula is C14H22N2O3S. The lowest BCUT2D eigenvalue weighted by molar-refractivity contribution is -0.137. The van der Waals surface area contributed by atoms with Crippen LogP contribution in [-0.2, 0) is 11.2 Å². The summed E-state index contributed by atoms with van der Waals surface area (Å²) in [7, 11) is 0. The highest BCUT2D eigenvalue weighted by atomic mass is 32.1. The summed E-state index contributed by atoms with van der Waals surface area (Å²) in [6.45, 7) is 6.45. The summed E-state index contributed by atoms with van der Waals surface area (Å²) >= 11 is 1.63. The third-order valence-electron chi connectivity index (χ3n) is 2.87. The fourth-order valence-electron chi connectivity index (χ4n) is 1.79. The van der Waals surface area contributed by atoms with Crippen molar-refractivity contribution < 1.29 is 14.7 Å². The lowest BCUT2D eigenvalue weighted by Crippen LogP contribution is -2.51. The molecule has 1 aromatic rings. The number of aliphatic carboxylic acids is 1. The second kappa shape index (κ2) is 7.28. The zero-order valence-electron chi connectivity index (χ0n) is 12.2. The van der Waals surface area contributed by atoms with E-state index in [9.17, 15) is 9.59 Å². The van der Waals surface area contributed by atoms with Crippen LogP contribution in [-0.4, -0.2) is 40.6 Å². The number of nitrogens with zero attached hydrogens (tertiary/aromatic N) is 1. The number of nitrogens with one attached hydrogen (secondary N) is 1. The Morgan fingerprint density at radius 3 is 2.60 bits per heavy atom. The standard InChI is InChI=1S/C14H22N2O3S/c1-14(2,3)16(8-5-12(17)18)13(19)15-7-4-11-6-9-20-10-11/h6,9-10H,4-5,7-8H2,1-3H3,(H,15,19)(H,17,18). The average Bonchev–Trinajstić information content (AvgIpc) is 2.79. The van der Waals surface area contributed by atoms with E-state index in [1.165, 1.54) is 5.56 Å². The van der Waals surface area contributed by atoms with Crippen molar-refractivity contribution in [1.29, 1.82) is 0 Å². The maximum absolute atomic E-state index is 12.2. The predicted molar refractivity (Wildman–Crippen MR) is 80.1 cm³/mol. The van der Waals surface area contributed by atoms with Crippen molar-refractivity contribution >= 4 is 23.3 Å². The summed E-state index contributed by atoms with van der Waals surface area (Å²) in [5.41, 5.74) is 0.796. The number of rotatable bonds is 6. The second-order valence-electron chi connectivity index (χ2n) is 5.58. The van der Waals surface area contributed by atoms with E-state index >= 15 is 0 Å². The van der Waals surface area contributed by atoms with Crippen LogP contribution in [0.5, 0.6) is 0 Å². The van der Waals surface area contributed by atoms with Crippen LogP contribution < -0.4 is 5.32 Å². The largest absolute Gasteiger partial charge is 0.481 e. The summed E-state index contributed by atoms with van der Waals surface area (Å²) in [6, 6.07) is 1.82. The van der Waals surface area contributed by atoms with Crippen LogP contribution in [0.4, 0.5) is 4.79 Å². The highest BCUT2D eigenvalue weighted by Gasteiger charge is 2.26. The van der Waals surface area contributed by atoms with Crippen molar-refractivity contribution in [3.05, 3.63) is 22.4 Å². The van der Waals surface area contributed by atoms with Gasteiger partial charge in [0, 0.05) is 18.6 Å². The highest BCUT2D eigenvalue weighted by molar-refractivity contribution is 7.07. The van der Waals surface area contributed by atoms with Gasteiger partial charge in [0.15, 0.2) is 0 Å². The molecule has 0 saturated carbocycles. The van der Waals surface area contributed by atoms with Gasteiger partial charge in [-0.1, -0.05) is 0 Å². The third kappa shape index (κ3) is 5.61. The zero-order valence-corrected chi connectivity index (χ0v) is 13.0. The molecule has 20 heavy (non-hydrogen) atoms. The lowest BCUT2D eigenvalue weighted by atomic mass is 10.1. The molecule has 1 aromatic heterocycles. The number of amides is 2. The number of carbonyl (C=O) groups is 2. The van der Waals surface area contributed by atoms with Crippen LogP contribution >= 0.6 is 11.3 Å². The van der Waals surface area contributed by atoms with E-state index < -0.39 is 11.5 Å². The Bertz CT molecular complexity index is 438. The van der Waals surface area contributed by atoms with E-state index in [2.05, 4.69) is 10.7 Å². The molecule has 0 aromatic carbocycles. The number of hydrogen-bond donors (Lipinski definition) is 2. The van der Waals surface area contributed by atoms with Crippen molar-refractivity contribution in [3.8, 4) is 0 Å². The molecule has 0 bridgehead atoms. The van der Waals surface area contributed by atoms with Gasteiger partial charge in [-0.05, 0) is 49.6 Å². The van der Waals surface area contributed by atoms with E-state index in [1.54, 1.807) is 16.2 Å². The Kier molecular flexibility index (Phi) is 6.01. The van der Waals surface area contributed by atoms with Crippen molar-refractivity contribution in [2.45, 2.75) is 39.2 Å². The number of thiophene rings is 1. The van der Waals surface area contributed by atoms with Crippen LogP contribution in [0.15, 0.2) is 16.8 Å². The SMILES string of the molecule is CC(C)(C)N(CCC(=O)O)C(=O)NCCc1ccsc1. The molecule has 2 N–H and O–H groups in total. The van der Waals surface area contributed by atoms with Gasteiger partial charge in [0.2, 0.25) is 0 Å². The van der Waals surface area contributed by atoms with Crippen LogP contribution in [0.1, 0.15) is 32.8 Å². The van der Waals surface area contributed by atoms with Gasteiger partial charge in [-0.3, -0.25) is 4.79 Å². The molecule has 0 spiro atoms. The van der Waals surface area contributed by atoms with E-state index in [1.807, 2.05) is 32.2 Å². The fourth-order valence-corrected chi connectivity index (χ4v) is 2.50. The smallest absolute Gasteiger partial charge is 0.317 e. The normalized spacial score (nSPS) is 11.2. The molecule has 0 aliphatic rings. The first-order valence-corrected chi connectivity index (χ1v) is 7.53. The van der Waals surface area contributed by atoms with Crippen molar-refractivity contribution in [2.24, 2.45) is 0 Å². The fraction of sp³-hybridized carbons (Fsp3) is 0.571. The zero-order chi connectivity index (χ0) is 15.2. The summed E-state index contributed by atoms with van der Waals surface area (Å²) in [6.07, 6.45) is 0.737. The summed E-state index contributed by atoms with van der Waals surface area (Å²) in [5.74, 6) is -0.898. The van der Waals surface area contributed by atoms with Gasteiger partial charge in [0.05, 0.1) is 6.42 Å². The van der Waals surface area contributed by atoms with Crippen molar-refractivity contribution in [3.63, 3.8) is 0 Å². The first kappa shape index (κ1) is 16.5. The van der Waals surface area contributed by atoms with Gasteiger partial charge in [-0.2, -0.15) is 11.3 Å². The maximum Gasteiger partial charge on any atom is 0.317 e. The van der Waals surface area contributed by atoms with Gasteiger partial charge < -0.3 is 15.3 Å². The van der Waals surface area contributed by atoms with Crippen LogP contribution in [0.2, 0.25) is 0 Å². The van der Waals surface area contributed by atoms with Crippen LogP contribution in [0.3, 0.4) is 0 Å². The second-order valence-corrected chi connectivity index (χ2v) is 6.36. The van der Waals surface area contributed by atoms with E-state index in [4.69, 9.17) is 5.11 Å². The molecule has 0 radical (unpaired) electrons. The minimum absolute atomic E-state index is 0.0464. The topological polar surface area (TPSA) is 69.6 Å². The first-order chi connectivity index (χ1) is 9.30. The Morgan fingerprint density at radius 1 is 1.40 bits per heavy atom. The Hall–Kier alpha value is -1.56. The first-order valence-electron chi connectivity index (χ1n) is 6.59. The number of carboxylic acids is 1. The van der Waals surface area contributed by atoms with E-state index in [0.29, 0.717) is 6.54 Å². The Labute approximate surface area is 123 Å². The summed E-state index contributed by atoms with van der Waals surface area (Å²) < 4.78 is 0. The van der Waals surface area contributed by atoms with Crippen LogP contribution in [0, 0.1) is 0 Å². The minimum atomic E-state index is -0.898. The average molecular weight is 298 g/mol. The van der Waals surface area contributed by atoms with Gasteiger partial charge >= 0.3 is 12.0 Å².